The fourth-order valence-electron chi connectivity index (χ4n) is 5.01. The number of phenolic OH excluding ortho intramolecular Hbond substituents is 1. The molecule has 5 aromatic rings. The molecule has 3 atom stereocenters. The van der Waals surface area contributed by atoms with Crippen molar-refractivity contribution < 1.29 is 19.7 Å². The Hall–Kier alpha value is -4.06. The number of hydrogen-bond acceptors (Lipinski definition) is 9. The Morgan fingerprint density at radius 3 is 2.36 bits per heavy atom. The van der Waals surface area contributed by atoms with Gasteiger partial charge in [0.2, 0.25) is 5.16 Å². The van der Waals surface area contributed by atoms with Gasteiger partial charge in [0.15, 0.2) is 6.29 Å². The van der Waals surface area contributed by atoms with Crippen molar-refractivity contribution in [2.75, 3.05) is 5.75 Å². The second-order valence-electron chi connectivity index (χ2n) is 10.0. The van der Waals surface area contributed by atoms with E-state index < -0.39 is 6.29 Å². The third-order valence-corrected chi connectivity index (χ3v) is 8.33. The number of thioether (sulfide) groups is 1. The highest BCUT2D eigenvalue weighted by Gasteiger charge is 2.32. The second-order valence-corrected chi connectivity index (χ2v) is 11.0. The lowest BCUT2D eigenvalue weighted by Gasteiger charge is -2.36. The molecule has 0 spiro atoms. The first kappa shape index (κ1) is 28.1. The molecule has 1 aliphatic rings. The third kappa shape index (κ3) is 6.23. The van der Waals surface area contributed by atoms with Crippen LogP contribution in [-0.2, 0) is 22.6 Å². The van der Waals surface area contributed by atoms with Crippen molar-refractivity contribution in [3.8, 4) is 22.6 Å². The van der Waals surface area contributed by atoms with E-state index in [4.69, 9.17) is 15.2 Å². The van der Waals surface area contributed by atoms with Crippen LogP contribution in [0.4, 0.5) is 0 Å². The summed E-state index contributed by atoms with van der Waals surface area (Å²) >= 11 is 1.50. The molecule has 9 nitrogen and oxygen atoms in total. The molecule has 1 aliphatic heterocycles. The molecule has 10 heteroatoms. The van der Waals surface area contributed by atoms with E-state index in [0.29, 0.717) is 23.9 Å². The van der Waals surface area contributed by atoms with Gasteiger partial charge in [0.25, 0.3) is 0 Å². The average Bonchev–Trinajstić information content (AvgIpc) is 3.53. The molecule has 0 bridgehead atoms. The van der Waals surface area contributed by atoms with Crippen LogP contribution in [0, 0.1) is 0 Å². The summed E-state index contributed by atoms with van der Waals surface area (Å²) in [4.78, 5) is 0. The Kier molecular flexibility index (Phi) is 8.59. The summed E-state index contributed by atoms with van der Waals surface area (Å²) in [6, 6.07) is 30.9. The van der Waals surface area contributed by atoms with E-state index >= 15 is 0 Å². The molecule has 1 saturated heterocycles. The van der Waals surface area contributed by atoms with E-state index in [1.54, 1.807) is 28.9 Å². The first-order valence-corrected chi connectivity index (χ1v) is 14.7. The number of rotatable bonds is 9. The quantitative estimate of drug-likeness (QED) is 0.198. The molecule has 0 saturated carbocycles. The molecule has 2 heterocycles. The molecule has 4 aromatic carbocycles. The van der Waals surface area contributed by atoms with Crippen molar-refractivity contribution in [3.05, 3.63) is 119 Å². The molecule has 214 valence electrons. The zero-order chi connectivity index (χ0) is 28.9. The molecular formula is C32H31N5O4S. The number of tetrazole rings is 1. The molecule has 1 fully saturated rings. The van der Waals surface area contributed by atoms with Crippen LogP contribution >= 0.6 is 11.8 Å². The van der Waals surface area contributed by atoms with Gasteiger partial charge in [-0.1, -0.05) is 84.6 Å². The van der Waals surface area contributed by atoms with Crippen molar-refractivity contribution in [3.63, 3.8) is 0 Å². The monoisotopic (exact) mass is 581 g/mol. The van der Waals surface area contributed by atoms with Crippen LogP contribution in [0.5, 0.6) is 5.75 Å². The van der Waals surface area contributed by atoms with Crippen LogP contribution in [0.3, 0.4) is 0 Å². The molecule has 42 heavy (non-hydrogen) atoms. The number of ether oxygens (including phenoxy) is 2. The Balaban J connectivity index is 1.23. The topological polar surface area (TPSA) is 129 Å². The molecular weight excluding hydrogens is 550 g/mol. The minimum absolute atomic E-state index is 0.00775. The van der Waals surface area contributed by atoms with Gasteiger partial charge in [0, 0.05) is 24.3 Å². The highest BCUT2D eigenvalue weighted by atomic mass is 32.2. The largest absolute Gasteiger partial charge is 0.508 e. The summed E-state index contributed by atoms with van der Waals surface area (Å²) < 4.78 is 14.7. The van der Waals surface area contributed by atoms with Gasteiger partial charge in [0.1, 0.15) is 5.75 Å². The van der Waals surface area contributed by atoms with Gasteiger partial charge in [-0.2, -0.15) is 4.68 Å². The number of nitrogens with two attached hydrogens (primary N) is 1. The van der Waals surface area contributed by atoms with E-state index in [2.05, 4.69) is 33.7 Å². The van der Waals surface area contributed by atoms with E-state index in [1.807, 2.05) is 54.6 Å². The summed E-state index contributed by atoms with van der Waals surface area (Å²) in [5, 5.41) is 32.0. The third-order valence-electron chi connectivity index (χ3n) is 7.28. The summed E-state index contributed by atoms with van der Waals surface area (Å²) in [6.07, 6.45) is -0.282. The SMILES string of the molecule is NCc1ccccc1-c1ccc([C@H]2O[C@@H](CSc3nnnn3-c3ccc(O)cc3)C[C@@H](c3ccc(CO)cc3)O2)cc1. The number of phenols is 1. The predicted octanol–water partition coefficient (Wildman–Crippen LogP) is 5.32. The van der Waals surface area contributed by atoms with Crippen molar-refractivity contribution in [1.29, 1.82) is 0 Å². The minimum atomic E-state index is -0.571. The maximum Gasteiger partial charge on any atom is 0.214 e. The highest BCUT2D eigenvalue weighted by molar-refractivity contribution is 7.99. The zero-order valence-electron chi connectivity index (χ0n) is 22.8. The highest BCUT2D eigenvalue weighted by Crippen LogP contribution is 2.40. The summed E-state index contributed by atoms with van der Waals surface area (Å²) in [6.45, 7) is 0.463. The van der Waals surface area contributed by atoms with Crippen LogP contribution in [0.25, 0.3) is 16.8 Å². The lowest BCUT2D eigenvalue weighted by Crippen LogP contribution is -2.31. The van der Waals surface area contributed by atoms with Gasteiger partial charge in [0.05, 0.1) is 24.5 Å². The number of nitrogens with zero attached hydrogens (tertiary/aromatic N) is 4. The number of aliphatic hydroxyl groups excluding tert-OH is 1. The van der Waals surface area contributed by atoms with Crippen LogP contribution in [-0.4, -0.2) is 42.3 Å². The van der Waals surface area contributed by atoms with E-state index in [1.165, 1.54) is 11.8 Å². The van der Waals surface area contributed by atoms with Gasteiger partial charge >= 0.3 is 0 Å². The van der Waals surface area contributed by atoms with Gasteiger partial charge in [-0.3, -0.25) is 0 Å². The number of aromatic hydroxyl groups is 1. The Bertz CT molecular complexity index is 1610. The van der Waals surface area contributed by atoms with Crippen LogP contribution in [0.1, 0.15) is 41.1 Å². The fraction of sp³-hybridized carbons (Fsp3) is 0.219. The number of aromatic nitrogens is 4. The molecule has 6 rings (SSSR count). The number of benzene rings is 4. The van der Waals surface area contributed by atoms with Gasteiger partial charge in [-0.15, -0.1) is 5.10 Å². The zero-order valence-corrected chi connectivity index (χ0v) is 23.6. The smallest absolute Gasteiger partial charge is 0.214 e. The van der Waals surface area contributed by atoms with Crippen LogP contribution in [0.2, 0.25) is 0 Å². The van der Waals surface area contributed by atoms with E-state index in [0.717, 1.165) is 39.1 Å². The Morgan fingerprint density at radius 1 is 0.881 bits per heavy atom. The molecule has 1 aromatic heterocycles. The van der Waals surface area contributed by atoms with Crippen molar-refractivity contribution in [1.82, 2.24) is 20.2 Å². The molecule has 4 N–H and O–H groups in total. The first-order valence-electron chi connectivity index (χ1n) is 13.7. The molecule has 0 radical (unpaired) electrons. The van der Waals surface area contributed by atoms with Gasteiger partial charge < -0.3 is 25.4 Å². The summed E-state index contributed by atoms with van der Waals surface area (Å²) in [5.74, 6) is 0.781. The van der Waals surface area contributed by atoms with Crippen molar-refractivity contribution in [2.24, 2.45) is 5.73 Å². The van der Waals surface area contributed by atoms with E-state index in [9.17, 15) is 10.2 Å². The van der Waals surface area contributed by atoms with Gasteiger partial charge in [-0.05, 0) is 62.5 Å². The second kappa shape index (κ2) is 12.8. The normalized spacial score (nSPS) is 18.7. The Labute approximate surface area is 247 Å². The average molecular weight is 582 g/mol. The summed E-state index contributed by atoms with van der Waals surface area (Å²) in [5.41, 5.74) is 12.8. The lowest BCUT2D eigenvalue weighted by molar-refractivity contribution is -0.245. The van der Waals surface area contributed by atoms with E-state index in [-0.39, 0.29) is 24.6 Å². The van der Waals surface area contributed by atoms with Crippen molar-refractivity contribution in [2.45, 2.75) is 43.2 Å². The molecule has 0 unspecified atom stereocenters. The molecule has 0 aliphatic carbocycles. The standard InChI is InChI=1S/C32H31N5O4S/c33-18-25-3-1-2-4-29(25)22-9-11-24(12-10-22)31-40-28(17-30(41-31)23-7-5-21(19-38)6-8-23)20-42-32-34-35-36-37(32)26-13-15-27(39)16-14-26/h1-16,28,30-31,38-39H,17-20,33H2/t28-,30+,31+/m1/s1. The van der Waals surface area contributed by atoms with Crippen LogP contribution in [0.15, 0.2) is 102 Å². The van der Waals surface area contributed by atoms with Crippen LogP contribution < -0.4 is 5.73 Å². The predicted molar refractivity (Wildman–Crippen MR) is 160 cm³/mol. The van der Waals surface area contributed by atoms with Crippen molar-refractivity contribution >= 4 is 11.8 Å². The summed E-state index contributed by atoms with van der Waals surface area (Å²) in [7, 11) is 0. The maximum absolute atomic E-state index is 9.65. The minimum Gasteiger partial charge on any atom is -0.508 e. The Morgan fingerprint density at radius 2 is 1.62 bits per heavy atom. The first-order chi connectivity index (χ1) is 20.6. The fourth-order valence-corrected chi connectivity index (χ4v) is 5.92. The number of aliphatic hydroxyl groups is 1. The maximum atomic E-state index is 9.65. The van der Waals surface area contributed by atoms with Gasteiger partial charge in [-0.25, -0.2) is 0 Å². The molecule has 0 amide bonds. The number of hydrogen-bond donors (Lipinski definition) is 3. The lowest BCUT2D eigenvalue weighted by atomic mass is 9.98.